The van der Waals surface area contributed by atoms with Crippen molar-refractivity contribution >= 4 is 39.6 Å². The average molecular weight is 520 g/mol. The number of carbonyl (C=O) groups is 3. The molecule has 3 atom stereocenters. The number of H-pyrrole nitrogens is 2. The molecule has 0 fully saturated rings. The molecular weight excluding hydrogens is 490 g/mol. The third-order valence-electron chi connectivity index (χ3n) is 6.52. The van der Waals surface area contributed by atoms with E-state index in [2.05, 4.69) is 20.6 Å². The summed E-state index contributed by atoms with van der Waals surface area (Å²) < 4.78 is 0.870. The summed E-state index contributed by atoms with van der Waals surface area (Å²) in [7, 11) is 0. The highest BCUT2D eigenvalue weighted by Gasteiger charge is 2.32. The van der Waals surface area contributed by atoms with Crippen LogP contribution >= 0.6 is 0 Å². The normalized spacial score (nSPS) is 13.8. The van der Waals surface area contributed by atoms with Crippen molar-refractivity contribution in [2.45, 2.75) is 45.3 Å². The second-order valence-electron chi connectivity index (χ2n) is 9.53. The maximum Gasteiger partial charge on any atom is 0.329 e. The molecule has 2 aromatic heterocycles. The lowest BCUT2D eigenvalue weighted by Crippen LogP contribution is -2.55. The number of rotatable bonds is 9. The summed E-state index contributed by atoms with van der Waals surface area (Å²) in [6.07, 6.45) is 1.70. The fourth-order valence-corrected chi connectivity index (χ4v) is 4.42. The number of hydrogen-bond donors (Lipinski definition) is 5. The molecule has 0 aliphatic carbocycles. The van der Waals surface area contributed by atoms with Gasteiger partial charge in [-0.25, -0.2) is 9.36 Å². The maximum atomic E-state index is 13.8. The molecule has 4 rings (SSSR count). The Hall–Kier alpha value is -4.67. The molecule has 0 saturated carbocycles. The van der Waals surface area contributed by atoms with Gasteiger partial charge in [0.1, 0.15) is 18.1 Å². The highest BCUT2D eigenvalue weighted by atomic mass is 16.4. The van der Waals surface area contributed by atoms with Gasteiger partial charge in [0.05, 0.1) is 10.9 Å². The molecule has 4 aromatic rings. The number of nitrogens with zero attached hydrogens (tertiary/aromatic N) is 1. The van der Waals surface area contributed by atoms with Crippen LogP contribution in [-0.2, 0) is 20.8 Å². The number of amides is 2. The Bertz CT molecular complexity index is 1630. The van der Waals surface area contributed by atoms with E-state index in [1.165, 1.54) is 6.92 Å². The fraction of sp³-hybridized carbons (Fsp3) is 0.296. The van der Waals surface area contributed by atoms with Crippen molar-refractivity contribution in [2.75, 3.05) is 0 Å². The summed E-state index contributed by atoms with van der Waals surface area (Å²) in [6, 6.07) is 10.3. The maximum absolute atomic E-state index is 13.8. The minimum atomic E-state index is -1.30. The molecule has 0 saturated heterocycles. The molecule has 0 aliphatic heterocycles. The zero-order valence-corrected chi connectivity index (χ0v) is 21.1. The van der Waals surface area contributed by atoms with Gasteiger partial charge in [0, 0.05) is 23.5 Å². The van der Waals surface area contributed by atoms with Gasteiger partial charge in [-0.2, -0.15) is 0 Å². The van der Waals surface area contributed by atoms with Crippen LogP contribution in [0.5, 0.6) is 0 Å². The lowest BCUT2D eigenvalue weighted by atomic mass is 10.00. The van der Waals surface area contributed by atoms with Gasteiger partial charge in [0.2, 0.25) is 11.8 Å². The summed E-state index contributed by atoms with van der Waals surface area (Å²) in [5.74, 6) is -3.05. The zero-order valence-electron chi connectivity index (χ0n) is 21.1. The Morgan fingerprint density at radius 3 is 2.18 bits per heavy atom. The first kappa shape index (κ1) is 26.4. The molecule has 2 amide bonds. The van der Waals surface area contributed by atoms with Crippen LogP contribution in [0.25, 0.3) is 21.8 Å². The second kappa shape index (κ2) is 10.8. The van der Waals surface area contributed by atoms with E-state index in [4.69, 9.17) is 5.11 Å². The third-order valence-corrected chi connectivity index (χ3v) is 6.52. The monoisotopic (exact) mass is 519 g/mol. The molecular formula is C27H29N5O6. The smallest absolute Gasteiger partial charge is 0.329 e. The number of aromatic amines is 2. The third kappa shape index (κ3) is 5.22. The van der Waals surface area contributed by atoms with Gasteiger partial charge in [0.25, 0.3) is 5.56 Å². The van der Waals surface area contributed by atoms with Gasteiger partial charge in [0.15, 0.2) is 0 Å². The Morgan fingerprint density at radius 1 is 0.895 bits per heavy atom. The van der Waals surface area contributed by atoms with Crippen LogP contribution in [0.4, 0.5) is 0 Å². The quantitative estimate of drug-likeness (QED) is 0.226. The predicted molar refractivity (Wildman–Crippen MR) is 142 cm³/mol. The predicted octanol–water partition coefficient (Wildman–Crippen LogP) is 1.69. The first-order valence-electron chi connectivity index (χ1n) is 12.2. The molecule has 38 heavy (non-hydrogen) atoms. The van der Waals surface area contributed by atoms with E-state index in [1.807, 2.05) is 24.3 Å². The lowest BCUT2D eigenvalue weighted by Gasteiger charge is -2.26. The number of hydrogen-bond acceptors (Lipinski definition) is 5. The lowest BCUT2D eigenvalue weighted by molar-refractivity contribution is -0.142. The van der Waals surface area contributed by atoms with Crippen LogP contribution in [0.2, 0.25) is 0 Å². The molecule has 5 N–H and O–H groups in total. The highest BCUT2D eigenvalue weighted by Crippen LogP contribution is 2.23. The van der Waals surface area contributed by atoms with Crippen LogP contribution in [0.3, 0.4) is 0 Å². The summed E-state index contributed by atoms with van der Waals surface area (Å²) >= 11 is 0. The Balaban J connectivity index is 1.78. The number of nitrogens with one attached hydrogen (secondary N) is 4. The summed E-state index contributed by atoms with van der Waals surface area (Å²) in [5.41, 5.74) is 0.453. The fourth-order valence-electron chi connectivity index (χ4n) is 4.42. The van der Waals surface area contributed by atoms with Gasteiger partial charge in [-0.1, -0.05) is 44.2 Å². The standard InChI is InChI=1S/C27H29N5O6/c1-14(2)22(24(34)29-15(3)26(36)37)31-23(33)21(12-16-13-28-19-10-6-4-8-17(16)19)32-25(35)18-9-5-7-11-20(18)30-27(32)38/h4-11,13-15,21-22,28H,12H2,1-3H3,(H,29,34)(H,30,38)(H,31,33)(H,36,37)/t15-,21+,22+/m1/s1. The molecule has 0 radical (unpaired) electrons. The second-order valence-corrected chi connectivity index (χ2v) is 9.53. The van der Waals surface area contributed by atoms with Crippen LogP contribution in [0.15, 0.2) is 64.3 Å². The molecule has 0 unspecified atom stereocenters. The number of aliphatic carboxylic acids is 1. The van der Waals surface area contributed by atoms with E-state index >= 15 is 0 Å². The van der Waals surface area contributed by atoms with Crippen molar-refractivity contribution in [3.8, 4) is 0 Å². The largest absolute Gasteiger partial charge is 0.480 e. The van der Waals surface area contributed by atoms with E-state index in [-0.39, 0.29) is 11.8 Å². The first-order valence-corrected chi connectivity index (χ1v) is 12.2. The van der Waals surface area contributed by atoms with Crippen molar-refractivity contribution in [3.05, 3.63) is 81.1 Å². The Labute approximate surface area is 216 Å². The number of carboxylic acid groups (broad SMARTS) is 1. The van der Waals surface area contributed by atoms with E-state index in [9.17, 15) is 24.0 Å². The summed E-state index contributed by atoms with van der Waals surface area (Å²) in [5, 5.41) is 15.2. The zero-order chi connectivity index (χ0) is 27.6. The molecule has 0 bridgehead atoms. The number of carbonyl (C=O) groups excluding carboxylic acids is 2. The Morgan fingerprint density at radius 2 is 1.53 bits per heavy atom. The van der Waals surface area contributed by atoms with Crippen molar-refractivity contribution < 1.29 is 19.5 Å². The van der Waals surface area contributed by atoms with Crippen molar-refractivity contribution in [2.24, 2.45) is 5.92 Å². The van der Waals surface area contributed by atoms with Crippen molar-refractivity contribution in [1.82, 2.24) is 25.2 Å². The molecule has 0 spiro atoms. The molecule has 2 heterocycles. The van der Waals surface area contributed by atoms with Crippen LogP contribution in [0.1, 0.15) is 32.4 Å². The summed E-state index contributed by atoms with van der Waals surface area (Å²) in [6.45, 7) is 4.70. The van der Waals surface area contributed by atoms with Gasteiger partial charge < -0.3 is 25.7 Å². The van der Waals surface area contributed by atoms with E-state index in [1.54, 1.807) is 44.3 Å². The molecule has 2 aromatic carbocycles. The van der Waals surface area contributed by atoms with Gasteiger partial charge >= 0.3 is 11.7 Å². The number of fused-ring (bicyclic) bond motifs is 2. The summed E-state index contributed by atoms with van der Waals surface area (Å²) in [4.78, 5) is 70.3. The SMILES string of the molecule is CC(C)[C@H](NC(=O)[C@H](Cc1c[nH]c2ccccc12)n1c(=O)[nH]c2ccccc2c1=O)C(=O)N[C@H](C)C(=O)O. The van der Waals surface area contributed by atoms with Crippen LogP contribution in [-0.4, -0.2) is 49.5 Å². The van der Waals surface area contributed by atoms with Crippen molar-refractivity contribution in [3.63, 3.8) is 0 Å². The van der Waals surface area contributed by atoms with E-state index < -0.39 is 53.1 Å². The molecule has 11 nitrogen and oxygen atoms in total. The Kier molecular flexibility index (Phi) is 7.47. The van der Waals surface area contributed by atoms with Crippen LogP contribution in [0, 0.1) is 5.92 Å². The van der Waals surface area contributed by atoms with E-state index in [0.717, 1.165) is 15.5 Å². The van der Waals surface area contributed by atoms with Gasteiger partial charge in [-0.05, 0) is 36.6 Å². The average Bonchev–Trinajstić information content (AvgIpc) is 3.29. The molecule has 0 aliphatic rings. The van der Waals surface area contributed by atoms with Crippen molar-refractivity contribution in [1.29, 1.82) is 0 Å². The van der Waals surface area contributed by atoms with Gasteiger partial charge in [-0.15, -0.1) is 0 Å². The first-order chi connectivity index (χ1) is 18.1. The van der Waals surface area contributed by atoms with E-state index in [0.29, 0.717) is 11.1 Å². The number of carboxylic acids is 1. The molecule has 11 heteroatoms. The number of benzene rings is 2. The number of para-hydroxylation sites is 2. The van der Waals surface area contributed by atoms with Crippen LogP contribution < -0.4 is 21.9 Å². The minimum absolute atomic E-state index is 0.0187. The minimum Gasteiger partial charge on any atom is -0.480 e. The topological polar surface area (TPSA) is 166 Å². The number of aromatic nitrogens is 3. The molecule has 198 valence electrons. The highest BCUT2D eigenvalue weighted by molar-refractivity contribution is 5.92. The van der Waals surface area contributed by atoms with Gasteiger partial charge in [-0.3, -0.25) is 19.2 Å².